The minimum absolute atomic E-state index is 0.00926. The maximum Gasteiger partial charge on any atom is 0.168 e. The summed E-state index contributed by atoms with van der Waals surface area (Å²) >= 11 is 0. The number of aryl methyl sites for hydroxylation is 1. The third-order valence-electron chi connectivity index (χ3n) is 2.86. The molecule has 0 N–H and O–H groups in total. The summed E-state index contributed by atoms with van der Waals surface area (Å²) in [6.45, 7) is 3.31. The van der Waals surface area contributed by atoms with E-state index in [1.165, 1.54) is 18.6 Å². The molecule has 1 aliphatic heterocycles. The van der Waals surface area contributed by atoms with E-state index in [9.17, 15) is 13.2 Å². The van der Waals surface area contributed by atoms with Gasteiger partial charge in [0.25, 0.3) is 0 Å². The Labute approximate surface area is 124 Å². The van der Waals surface area contributed by atoms with E-state index in [1.807, 2.05) is 6.07 Å². The highest BCUT2D eigenvalue weighted by atomic mass is 32.2. The lowest BCUT2D eigenvalue weighted by atomic mass is 10.2. The van der Waals surface area contributed by atoms with Gasteiger partial charge in [0.1, 0.15) is 16.6 Å². The second kappa shape index (κ2) is 6.49. The molecule has 0 saturated heterocycles. The first-order chi connectivity index (χ1) is 10.0. The lowest BCUT2D eigenvalue weighted by Gasteiger charge is -2.05. The Balaban J connectivity index is 0.000000161. The summed E-state index contributed by atoms with van der Waals surface area (Å²) < 4.78 is 27.4. The van der Waals surface area contributed by atoms with Crippen molar-refractivity contribution in [3.8, 4) is 0 Å². The average Bonchev–Trinajstić information content (AvgIpc) is 2.72. The van der Waals surface area contributed by atoms with Crippen molar-refractivity contribution in [3.63, 3.8) is 0 Å². The minimum atomic E-state index is -3.68. The quantitative estimate of drug-likeness (QED) is 0.799. The first-order valence-corrected chi connectivity index (χ1v) is 8.04. The van der Waals surface area contributed by atoms with E-state index in [1.54, 1.807) is 12.1 Å². The fourth-order valence-electron chi connectivity index (χ4n) is 1.92. The summed E-state index contributed by atoms with van der Waals surface area (Å²) in [5, 5.41) is 0. The molecule has 1 aromatic carbocycles. The van der Waals surface area contributed by atoms with Gasteiger partial charge in [0, 0.05) is 24.1 Å². The number of benzene rings is 1. The molecule has 1 aliphatic rings. The second-order valence-electron chi connectivity index (χ2n) is 4.48. The number of carbonyl (C=O) groups excluding carboxylic acids is 1. The van der Waals surface area contributed by atoms with Gasteiger partial charge in [0.05, 0.1) is 10.8 Å². The molecule has 0 saturated carbocycles. The predicted octanol–water partition coefficient (Wildman–Crippen LogP) is 2.29. The van der Waals surface area contributed by atoms with Crippen molar-refractivity contribution >= 4 is 15.9 Å². The van der Waals surface area contributed by atoms with Crippen LogP contribution in [0.4, 0.5) is 0 Å². The van der Waals surface area contributed by atoms with Crippen molar-refractivity contribution in [1.29, 1.82) is 0 Å². The van der Waals surface area contributed by atoms with Gasteiger partial charge in [-0.25, -0.2) is 13.0 Å². The standard InChI is InChI=1S/C8H12N.C7H5NO3S/c1-2-6-9-7-4-3-5-8-9;9-7-5-3-1-2-4-6(5)12(10,11)8-7/h3-5,7-8H,2,6H2,1H3;1-4H,(H,8,9)/q+1;/p-1. The highest BCUT2D eigenvalue weighted by molar-refractivity contribution is 7.95. The summed E-state index contributed by atoms with van der Waals surface area (Å²) in [6, 6.07) is 12.1. The highest BCUT2D eigenvalue weighted by Gasteiger charge is 2.20. The van der Waals surface area contributed by atoms with E-state index in [2.05, 4.69) is 40.7 Å². The van der Waals surface area contributed by atoms with E-state index in [0.29, 0.717) is 0 Å². The van der Waals surface area contributed by atoms with E-state index in [-0.39, 0.29) is 10.5 Å². The van der Waals surface area contributed by atoms with Gasteiger partial charge >= 0.3 is 0 Å². The maximum absolute atomic E-state index is 11.1. The van der Waals surface area contributed by atoms with Crippen molar-refractivity contribution in [2.24, 2.45) is 0 Å². The normalized spacial score (nSPS) is 14.6. The van der Waals surface area contributed by atoms with Crippen molar-refractivity contribution in [2.45, 2.75) is 24.8 Å². The molecule has 0 atom stereocenters. The zero-order valence-electron chi connectivity index (χ0n) is 11.6. The molecule has 3 rings (SSSR count). The molecule has 2 aromatic rings. The van der Waals surface area contributed by atoms with Crippen LogP contribution in [0.15, 0.2) is 59.8 Å². The molecular formula is C15H16N2O3S. The monoisotopic (exact) mass is 304 g/mol. The molecule has 0 bridgehead atoms. The summed E-state index contributed by atoms with van der Waals surface area (Å²) in [5.74, 6) is -0.675. The van der Waals surface area contributed by atoms with Gasteiger partial charge in [-0.3, -0.25) is 0 Å². The lowest BCUT2D eigenvalue weighted by Crippen LogP contribution is -2.31. The van der Waals surface area contributed by atoms with Gasteiger partial charge in [0.2, 0.25) is 0 Å². The minimum Gasteiger partial charge on any atom is -0.537 e. The summed E-state index contributed by atoms with van der Waals surface area (Å²) in [4.78, 5) is 10.9. The van der Waals surface area contributed by atoms with Crippen LogP contribution < -0.4 is 4.57 Å². The Morgan fingerprint density at radius 2 is 1.71 bits per heavy atom. The fraction of sp³-hybridized carbons (Fsp3) is 0.200. The molecule has 0 fully saturated rings. The van der Waals surface area contributed by atoms with Gasteiger partial charge in [-0.1, -0.05) is 31.2 Å². The number of hydrogen-bond donors (Lipinski definition) is 0. The van der Waals surface area contributed by atoms with E-state index in [4.69, 9.17) is 0 Å². The van der Waals surface area contributed by atoms with Crippen LogP contribution in [-0.4, -0.2) is 14.3 Å². The molecule has 0 unspecified atom stereocenters. The molecule has 5 nitrogen and oxygen atoms in total. The Kier molecular flexibility index (Phi) is 4.70. The summed E-state index contributed by atoms with van der Waals surface area (Å²) in [5.41, 5.74) is 0.164. The number of nitrogens with zero attached hydrogens (tertiary/aromatic N) is 2. The zero-order valence-corrected chi connectivity index (χ0v) is 12.5. The summed E-state index contributed by atoms with van der Waals surface area (Å²) in [6.07, 6.45) is 5.38. The van der Waals surface area contributed by atoms with Gasteiger partial charge in [-0.15, -0.1) is 0 Å². The van der Waals surface area contributed by atoms with Gasteiger partial charge < -0.3 is 9.52 Å². The number of sulfonamides is 1. The third-order valence-corrected chi connectivity index (χ3v) is 4.18. The lowest BCUT2D eigenvalue weighted by molar-refractivity contribution is -0.697. The summed E-state index contributed by atoms with van der Waals surface area (Å²) in [7, 11) is -3.68. The average molecular weight is 304 g/mol. The molecule has 0 radical (unpaired) electrons. The number of carbonyl (C=O) groups is 1. The van der Waals surface area contributed by atoms with Crippen LogP contribution in [0.2, 0.25) is 0 Å². The highest BCUT2D eigenvalue weighted by Crippen LogP contribution is 2.30. The predicted molar refractivity (Wildman–Crippen MR) is 78.2 cm³/mol. The van der Waals surface area contributed by atoms with Crippen LogP contribution in [-0.2, 0) is 16.6 Å². The van der Waals surface area contributed by atoms with Gasteiger partial charge in [-0.2, -0.15) is 0 Å². The van der Waals surface area contributed by atoms with Crippen molar-refractivity contribution in [1.82, 2.24) is 0 Å². The fourth-order valence-corrected chi connectivity index (χ4v) is 3.02. The van der Waals surface area contributed by atoms with Crippen LogP contribution in [0.3, 0.4) is 0 Å². The first kappa shape index (κ1) is 15.2. The molecule has 110 valence electrons. The van der Waals surface area contributed by atoms with Crippen LogP contribution in [0.25, 0.3) is 4.72 Å². The Morgan fingerprint density at radius 3 is 2.33 bits per heavy atom. The zero-order chi connectivity index (χ0) is 15.3. The van der Waals surface area contributed by atoms with Crippen molar-refractivity contribution < 1.29 is 17.8 Å². The van der Waals surface area contributed by atoms with E-state index < -0.39 is 15.9 Å². The molecule has 2 heterocycles. The Hall–Kier alpha value is -2.21. The molecule has 1 amide bonds. The number of hydrogen-bond acceptors (Lipinski definition) is 3. The molecular weight excluding hydrogens is 288 g/mol. The number of fused-ring (bicyclic) bond motifs is 1. The molecule has 1 aromatic heterocycles. The number of amides is 1. The van der Waals surface area contributed by atoms with Crippen molar-refractivity contribution in [2.75, 3.05) is 0 Å². The number of rotatable bonds is 2. The van der Waals surface area contributed by atoms with Crippen LogP contribution in [0.1, 0.15) is 23.7 Å². The smallest absolute Gasteiger partial charge is 0.168 e. The van der Waals surface area contributed by atoms with Crippen LogP contribution in [0.5, 0.6) is 0 Å². The van der Waals surface area contributed by atoms with Gasteiger partial charge in [0.15, 0.2) is 12.4 Å². The van der Waals surface area contributed by atoms with Crippen LogP contribution >= 0.6 is 0 Å². The first-order valence-electron chi connectivity index (χ1n) is 6.60. The molecule has 0 spiro atoms. The molecule has 21 heavy (non-hydrogen) atoms. The number of aromatic nitrogens is 1. The molecule has 6 heteroatoms. The maximum atomic E-state index is 11.1. The topological polar surface area (TPSA) is 69.2 Å². The van der Waals surface area contributed by atoms with Crippen LogP contribution in [0, 0.1) is 0 Å². The second-order valence-corrected chi connectivity index (χ2v) is 6.05. The third kappa shape index (κ3) is 3.66. The molecule has 0 aliphatic carbocycles. The van der Waals surface area contributed by atoms with Gasteiger partial charge in [-0.05, 0) is 6.07 Å². The van der Waals surface area contributed by atoms with E-state index >= 15 is 0 Å². The Bertz CT molecular complexity index is 728. The number of pyridine rings is 1. The Morgan fingerprint density at radius 1 is 1.05 bits per heavy atom. The SMILES string of the molecule is CCC[n+]1ccccc1.O=C1[N-]S(=O)(=O)c2ccccc21. The van der Waals surface area contributed by atoms with Crippen molar-refractivity contribution in [3.05, 3.63) is 65.1 Å². The van der Waals surface area contributed by atoms with E-state index in [0.717, 1.165) is 6.54 Å². The largest absolute Gasteiger partial charge is 0.537 e.